The molecular formula is C17H26ClNO2. The Bertz CT molecular complexity index is 473. The fraction of sp³-hybridized carbons (Fsp3) is 0.647. The number of benzene rings is 1. The van der Waals surface area contributed by atoms with Crippen LogP contribution >= 0.6 is 12.4 Å². The molecule has 3 nitrogen and oxygen atoms in total. The van der Waals surface area contributed by atoms with Crippen molar-refractivity contribution < 1.29 is 9.47 Å². The van der Waals surface area contributed by atoms with Crippen LogP contribution in [0.15, 0.2) is 12.1 Å². The monoisotopic (exact) mass is 311 g/mol. The number of methoxy groups -OCH3 is 1. The van der Waals surface area contributed by atoms with Crippen molar-refractivity contribution in [2.24, 2.45) is 0 Å². The average Bonchev–Trinajstić information content (AvgIpc) is 2.46. The summed E-state index contributed by atoms with van der Waals surface area (Å²) in [4.78, 5) is 2.61. The number of hydrogen-bond donors (Lipinski definition) is 0. The van der Waals surface area contributed by atoms with E-state index in [-0.39, 0.29) is 12.4 Å². The molecule has 21 heavy (non-hydrogen) atoms. The minimum atomic E-state index is 0. The zero-order chi connectivity index (χ0) is 14.1. The SMILES string of the molecule is CCCN1CCC[C@H]2c3c(OC)cc(C)cc3OC[C@@H]21.Cl. The van der Waals surface area contributed by atoms with E-state index in [0.29, 0.717) is 12.0 Å². The van der Waals surface area contributed by atoms with Crippen LogP contribution in [0.5, 0.6) is 11.5 Å². The molecule has 1 aromatic carbocycles. The summed E-state index contributed by atoms with van der Waals surface area (Å²) in [6, 6.07) is 4.82. The van der Waals surface area contributed by atoms with Crippen LogP contribution in [0.3, 0.4) is 0 Å². The van der Waals surface area contributed by atoms with Gasteiger partial charge >= 0.3 is 0 Å². The summed E-state index contributed by atoms with van der Waals surface area (Å²) in [6.07, 6.45) is 3.74. The lowest BCUT2D eigenvalue weighted by atomic mass is 9.81. The Kier molecular flexibility index (Phi) is 5.39. The molecule has 1 fully saturated rings. The van der Waals surface area contributed by atoms with Gasteiger partial charge in [0.15, 0.2) is 0 Å². The van der Waals surface area contributed by atoms with Gasteiger partial charge in [-0.3, -0.25) is 4.90 Å². The average molecular weight is 312 g/mol. The number of rotatable bonds is 3. The lowest BCUT2D eigenvalue weighted by Gasteiger charge is -2.44. The van der Waals surface area contributed by atoms with Gasteiger partial charge in [0.25, 0.3) is 0 Å². The molecule has 1 aromatic rings. The number of nitrogens with zero attached hydrogens (tertiary/aromatic N) is 1. The largest absolute Gasteiger partial charge is 0.496 e. The molecule has 0 radical (unpaired) electrons. The van der Waals surface area contributed by atoms with Gasteiger partial charge in [0.2, 0.25) is 0 Å². The molecule has 0 aliphatic carbocycles. The van der Waals surface area contributed by atoms with Crippen LogP contribution in [0, 0.1) is 6.92 Å². The normalized spacial score (nSPS) is 24.3. The summed E-state index contributed by atoms with van der Waals surface area (Å²) in [6.45, 7) is 7.56. The molecule has 2 atom stereocenters. The first kappa shape index (κ1) is 16.4. The molecule has 2 heterocycles. The van der Waals surface area contributed by atoms with Crippen molar-refractivity contribution in [3.05, 3.63) is 23.3 Å². The lowest BCUT2D eigenvalue weighted by molar-refractivity contribution is 0.0645. The molecule has 4 heteroatoms. The highest BCUT2D eigenvalue weighted by molar-refractivity contribution is 5.85. The molecule has 0 bridgehead atoms. The smallest absolute Gasteiger partial charge is 0.126 e. The first-order chi connectivity index (χ1) is 9.74. The van der Waals surface area contributed by atoms with Crippen molar-refractivity contribution in [2.75, 3.05) is 26.8 Å². The van der Waals surface area contributed by atoms with Crippen LogP contribution in [-0.4, -0.2) is 37.7 Å². The van der Waals surface area contributed by atoms with E-state index in [4.69, 9.17) is 9.47 Å². The second-order valence-electron chi connectivity index (χ2n) is 6.04. The first-order valence-electron chi connectivity index (χ1n) is 7.80. The van der Waals surface area contributed by atoms with Gasteiger partial charge in [0.05, 0.1) is 13.2 Å². The molecule has 118 valence electrons. The van der Waals surface area contributed by atoms with Gasteiger partial charge in [-0.25, -0.2) is 0 Å². The molecule has 0 amide bonds. The highest BCUT2D eigenvalue weighted by atomic mass is 35.5. The van der Waals surface area contributed by atoms with Crippen LogP contribution in [0.25, 0.3) is 0 Å². The zero-order valence-corrected chi connectivity index (χ0v) is 14.0. The number of piperidine rings is 1. The van der Waals surface area contributed by atoms with Crippen LogP contribution in [0.2, 0.25) is 0 Å². The Hall–Kier alpha value is -0.930. The second kappa shape index (κ2) is 6.89. The van der Waals surface area contributed by atoms with Gasteiger partial charge in [0, 0.05) is 11.5 Å². The van der Waals surface area contributed by atoms with Crippen molar-refractivity contribution in [2.45, 2.75) is 45.1 Å². The van der Waals surface area contributed by atoms with E-state index in [9.17, 15) is 0 Å². The van der Waals surface area contributed by atoms with Crippen LogP contribution in [0.4, 0.5) is 0 Å². The van der Waals surface area contributed by atoms with E-state index in [0.717, 1.165) is 18.1 Å². The van der Waals surface area contributed by atoms with E-state index >= 15 is 0 Å². The molecular weight excluding hydrogens is 286 g/mol. The Morgan fingerprint density at radius 2 is 2.19 bits per heavy atom. The molecule has 0 aromatic heterocycles. The summed E-state index contributed by atoms with van der Waals surface area (Å²) in [5.41, 5.74) is 2.51. The number of aryl methyl sites for hydroxylation is 1. The minimum absolute atomic E-state index is 0. The number of hydrogen-bond acceptors (Lipinski definition) is 3. The summed E-state index contributed by atoms with van der Waals surface area (Å²) in [7, 11) is 1.77. The molecule has 0 N–H and O–H groups in total. The van der Waals surface area contributed by atoms with E-state index in [1.165, 1.54) is 43.5 Å². The van der Waals surface area contributed by atoms with Crippen molar-refractivity contribution in [1.82, 2.24) is 4.90 Å². The third-order valence-corrected chi connectivity index (χ3v) is 4.65. The molecule has 0 spiro atoms. The van der Waals surface area contributed by atoms with Gasteiger partial charge < -0.3 is 9.47 Å². The lowest BCUT2D eigenvalue weighted by Crippen LogP contribution is -2.49. The molecule has 1 saturated heterocycles. The minimum Gasteiger partial charge on any atom is -0.496 e. The van der Waals surface area contributed by atoms with E-state index in [1.807, 2.05) is 0 Å². The second-order valence-corrected chi connectivity index (χ2v) is 6.04. The summed E-state index contributed by atoms with van der Waals surface area (Å²) in [5, 5.41) is 0. The maximum atomic E-state index is 6.07. The Balaban J connectivity index is 0.00000161. The summed E-state index contributed by atoms with van der Waals surface area (Å²) < 4.78 is 11.7. The predicted octanol–water partition coefficient (Wildman–Crippen LogP) is 3.78. The van der Waals surface area contributed by atoms with Crippen molar-refractivity contribution >= 4 is 12.4 Å². The van der Waals surface area contributed by atoms with Gasteiger partial charge in [0.1, 0.15) is 18.1 Å². The first-order valence-corrected chi connectivity index (χ1v) is 7.80. The maximum Gasteiger partial charge on any atom is 0.126 e. The van der Waals surface area contributed by atoms with Crippen molar-refractivity contribution in [3.8, 4) is 11.5 Å². The highest BCUT2D eigenvalue weighted by Crippen LogP contribution is 2.46. The number of likely N-dealkylation sites (tertiary alicyclic amines) is 1. The van der Waals surface area contributed by atoms with Crippen molar-refractivity contribution in [1.29, 1.82) is 0 Å². The van der Waals surface area contributed by atoms with Crippen LogP contribution < -0.4 is 9.47 Å². The Morgan fingerprint density at radius 3 is 2.90 bits per heavy atom. The fourth-order valence-electron chi connectivity index (χ4n) is 3.81. The zero-order valence-electron chi connectivity index (χ0n) is 13.2. The molecule has 2 aliphatic rings. The predicted molar refractivity (Wildman–Crippen MR) is 88.1 cm³/mol. The summed E-state index contributed by atoms with van der Waals surface area (Å²) in [5.74, 6) is 2.61. The maximum absolute atomic E-state index is 6.07. The van der Waals surface area contributed by atoms with E-state index in [1.54, 1.807) is 7.11 Å². The fourth-order valence-corrected chi connectivity index (χ4v) is 3.81. The number of fused-ring (bicyclic) bond motifs is 3. The van der Waals surface area contributed by atoms with Crippen LogP contribution in [-0.2, 0) is 0 Å². The molecule has 0 saturated carbocycles. The molecule has 3 rings (SSSR count). The molecule has 0 unspecified atom stereocenters. The van der Waals surface area contributed by atoms with Gasteiger partial charge in [-0.15, -0.1) is 12.4 Å². The summed E-state index contributed by atoms with van der Waals surface area (Å²) >= 11 is 0. The number of halogens is 1. The molecule has 2 aliphatic heterocycles. The Morgan fingerprint density at radius 1 is 1.38 bits per heavy atom. The van der Waals surface area contributed by atoms with Gasteiger partial charge in [-0.1, -0.05) is 6.92 Å². The van der Waals surface area contributed by atoms with E-state index < -0.39 is 0 Å². The van der Waals surface area contributed by atoms with Gasteiger partial charge in [-0.05, 0) is 57.0 Å². The standard InChI is InChI=1S/C17H25NO2.ClH/c1-4-7-18-8-5-6-13-14(18)11-20-16-10-12(2)9-15(19-3)17(13)16;/h9-10,13-14H,4-8,11H2,1-3H3;1H/t13-,14+;/m1./s1. The van der Waals surface area contributed by atoms with E-state index in [2.05, 4.69) is 30.9 Å². The number of ether oxygens (including phenoxy) is 2. The highest BCUT2D eigenvalue weighted by Gasteiger charge is 2.39. The van der Waals surface area contributed by atoms with Gasteiger partial charge in [-0.2, -0.15) is 0 Å². The quantitative estimate of drug-likeness (QED) is 0.848. The van der Waals surface area contributed by atoms with Crippen molar-refractivity contribution in [3.63, 3.8) is 0 Å². The Labute approximate surface area is 134 Å². The third-order valence-electron chi connectivity index (χ3n) is 4.65. The van der Waals surface area contributed by atoms with Crippen LogP contribution in [0.1, 0.15) is 43.2 Å². The topological polar surface area (TPSA) is 21.7 Å². The third kappa shape index (κ3) is 3.00.